The van der Waals surface area contributed by atoms with E-state index in [1.165, 1.54) is 116 Å². The van der Waals surface area contributed by atoms with E-state index >= 15 is 0 Å². The van der Waals surface area contributed by atoms with E-state index in [0.29, 0.717) is 12.8 Å². The van der Waals surface area contributed by atoms with Gasteiger partial charge >= 0.3 is 0 Å². The molecule has 0 saturated carbocycles. The second kappa shape index (κ2) is 29.3. The summed E-state index contributed by atoms with van der Waals surface area (Å²) in [6, 6.07) is 7.10. The Bertz CT molecular complexity index is 2010. The number of fused-ring (bicyclic) bond motifs is 3. The summed E-state index contributed by atoms with van der Waals surface area (Å²) in [5.74, 6) is 0. The van der Waals surface area contributed by atoms with Crippen LogP contribution in [0.3, 0.4) is 0 Å². The Kier molecular flexibility index (Phi) is 24.8. The first-order valence-corrected chi connectivity index (χ1v) is 27.0. The first kappa shape index (κ1) is 54.1. The van der Waals surface area contributed by atoms with Gasteiger partial charge in [-0.25, -0.2) is 26.3 Å². The Balaban J connectivity index is 1.67. The zero-order valence-electron chi connectivity index (χ0n) is 38.4. The predicted octanol–water partition coefficient (Wildman–Crippen LogP) is 12.9. The summed E-state index contributed by atoms with van der Waals surface area (Å²) in [6.45, 7) is 4.57. The van der Waals surface area contributed by atoms with Crippen molar-refractivity contribution in [1.82, 2.24) is 9.44 Å². The van der Waals surface area contributed by atoms with Crippen molar-refractivity contribution in [2.75, 3.05) is 13.1 Å². The molecule has 0 bridgehead atoms. The van der Waals surface area contributed by atoms with Gasteiger partial charge < -0.3 is 0 Å². The number of benzene rings is 2. The van der Waals surface area contributed by atoms with Crippen LogP contribution in [0.25, 0.3) is 16.7 Å². The normalized spacial score (nSPS) is 12.2. The Labute approximate surface area is 383 Å². The molecule has 0 aromatic heterocycles. The molecule has 2 aromatic rings. The van der Waals surface area contributed by atoms with E-state index in [4.69, 9.17) is 0 Å². The minimum absolute atomic E-state index is 0.0643. The van der Waals surface area contributed by atoms with E-state index in [-0.39, 0.29) is 40.9 Å². The number of hydrogen-bond acceptors (Lipinski definition) is 10. The molecule has 0 aliphatic heterocycles. The van der Waals surface area contributed by atoms with E-state index in [2.05, 4.69) is 23.3 Å². The number of nitro benzene ring substituents is 2. The summed E-state index contributed by atoms with van der Waals surface area (Å²) in [5.41, 5.74) is -3.87. The number of unbranched alkanes of at least 4 members (excludes halogenated alkanes) is 26. The van der Waals surface area contributed by atoms with Crippen LogP contribution in [0, 0.1) is 42.9 Å². The number of allylic oxidation sites excluding steroid dienone is 1. The van der Waals surface area contributed by atoms with Gasteiger partial charge in [-0.3, -0.25) is 20.2 Å². The molecular formula is C48H72N6O8S2. The number of sulfonamides is 2. The Morgan fingerprint density at radius 2 is 0.750 bits per heavy atom. The van der Waals surface area contributed by atoms with Gasteiger partial charge in [0, 0.05) is 41.9 Å². The van der Waals surface area contributed by atoms with Crippen molar-refractivity contribution in [1.29, 1.82) is 10.5 Å². The smallest absolute Gasteiger partial charge is 0.258 e. The standard InChI is InChI=1S/C48H72N6O8S2/c1-3-5-7-9-11-13-15-17-19-21-23-25-27-29-31-51-63(59,60)40-33-42-46(39(37-49)38-50)43-34-41(36-45(54(57)58)48(43)47(42)44(35-40)53(55)56)64(61,62)52-32-30-28-26-24-22-20-18-16-14-12-10-8-6-4-2/h33-36,51-52H,3-32H2,1-2H3. The molecule has 1 aliphatic rings. The molecule has 0 heterocycles. The number of nitro groups is 2. The molecule has 0 unspecified atom stereocenters. The molecule has 14 nitrogen and oxygen atoms in total. The van der Waals surface area contributed by atoms with Crippen molar-refractivity contribution in [3.05, 3.63) is 61.2 Å². The topological polar surface area (TPSA) is 226 Å². The second-order valence-electron chi connectivity index (χ2n) is 17.2. The van der Waals surface area contributed by atoms with E-state index in [0.717, 1.165) is 75.6 Å². The third kappa shape index (κ3) is 17.3. The monoisotopic (exact) mass is 924 g/mol. The van der Waals surface area contributed by atoms with Gasteiger partial charge in [0.25, 0.3) is 11.4 Å². The fourth-order valence-corrected chi connectivity index (χ4v) is 10.7. The molecule has 3 rings (SSSR count). The highest BCUT2D eigenvalue weighted by Gasteiger charge is 2.41. The van der Waals surface area contributed by atoms with Crippen LogP contribution in [-0.2, 0) is 20.0 Å². The maximum Gasteiger partial charge on any atom is 0.279 e. The number of nitriles is 2. The lowest BCUT2D eigenvalue weighted by atomic mass is 9.99. The van der Waals surface area contributed by atoms with E-state index in [9.17, 15) is 47.6 Å². The maximum atomic E-state index is 13.6. The molecule has 64 heavy (non-hydrogen) atoms. The van der Waals surface area contributed by atoms with Crippen molar-refractivity contribution in [2.45, 2.75) is 203 Å². The molecule has 2 aromatic carbocycles. The van der Waals surface area contributed by atoms with Crippen molar-refractivity contribution >= 4 is 37.0 Å². The van der Waals surface area contributed by atoms with Crippen LogP contribution in [0.2, 0.25) is 0 Å². The molecule has 1 aliphatic carbocycles. The first-order valence-electron chi connectivity index (χ1n) is 24.0. The summed E-state index contributed by atoms with van der Waals surface area (Å²) in [6.07, 6.45) is 31.7. The van der Waals surface area contributed by atoms with Crippen molar-refractivity contribution in [3.63, 3.8) is 0 Å². The molecule has 0 fully saturated rings. The van der Waals surface area contributed by atoms with E-state index < -0.39 is 56.6 Å². The number of hydrogen-bond donors (Lipinski definition) is 2. The molecule has 0 amide bonds. The van der Waals surface area contributed by atoms with Crippen LogP contribution in [0.5, 0.6) is 0 Å². The van der Waals surface area contributed by atoms with Gasteiger partial charge in [0.1, 0.15) is 17.7 Å². The third-order valence-electron chi connectivity index (χ3n) is 12.1. The highest BCUT2D eigenvalue weighted by atomic mass is 32.2. The first-order chi connectivity index (χ1) is 30.8. The summed E-state index contributed by atoms with van der Waals surface area (Å²) in [7, 11) is -8.75. The van der Waals surface area contributed by atoms with Crippen LogP contribution in [0.1, 0.15) is 205 Å². The zero-order valence-corrected chi connectivity index (χ0v) is 40.0. The van der Waals surface area contributed by atoms with Crippen LogP contribution >= 0.6 is 0 Å². The predicted molar refractivity (Wildman–Crippen MR) is 253 cm³/mol. The average molecular weight is 925 g/mol. The highest BCUT2D eigenvalue weighted by Crippen LogP contribution is 2.54. The van der Waals surface area contributed by atoms with Gasteiger partial charge in [0.05, 0.1) is 30.8 Å². The molecule has 0 saturated heterocycles. The Morgan fingerprint density at radius 3 is 1.00 bits per heavy atom. The van der Waals surface area contributed by atoms with E-state index in [1.54, 1.807) is 12.1 Å². The van der Waals surface area contributed by atoms with Gasteiger partial charge in [-0.05, 0) is 25.0 Å². The van der Waals surface area contributed by atoms with E-state index in [1.807, 2.05) is 0 Å². The van der Waals surface area contributed by atoms with Gasteiger partial charge in [-0.1, -0.05) is 181 Å². The summed E-state index contributed by atoms with van der Waals surface area (Å²) in [4.78, 5) is 22.3. The van der Waals surface area contributed by atoms with Crippen molar-refractivity contribution in [2.24, 2.45) is 0 Å². The van der Waals surface area contributed by atoms with Gasteiger partial charge in [0.2, 0.25) is 20.0 Å². The molecule has 2 N–H and O–H groups in total. The molecule has 0 spiro atoms. The Morgan fingerprint density at radius 1 is 0.484 bits per heavy atom. The highest BCUT2D eigenvalue weighted by molar-refractivity contribution is 7.89. The lowest BCUT2D eigenvalue weighted by molar-refractivity contribution is -0.386. The summed E-state index contributed by atoms with van der Waals surface area (Å²) < 4.78 is 59.4. The van der Waals surface area contributed by atoms with Gasteiger partial charge in [-0.2, -0.15) is 10.5 Å². The molecule has 0 radical (unpaired) electrons. The second-order valence-corrected chi connectivity index (χ2v) is 20.7. The van der Waals surface area contributed by atoms with Crippen LogP contribution < -0.4 is 9.44 Å². The zero-order chi connectivity index (χ0) is 46.8. The largest absolute Gasteiger partial charge is 0.279 e. The minimum atomic E-state index is -4.38. The fourth-order valence-electron chi connectivity index (χ4n) is 8.49. The quantitative estimate of drug-likeness (QED) is 0.0243. The molecule has 354 valence electrons. The van der Waals surface area contributed by atoms with Crippen LogP contribution in [0.4, 0.5) is 11.4 Å². The van der Waals surface area contributed by atoms with Crippen LogP contribution in [0.15, 0.2) is 39.6 Å². The third-order valence-corrected chi connectivity index (χ3v) is 15.0. The summed E-state index contributed by atoms with van der Waals surface area (Å²) in [5, 5.41) is 45.1. The number of rotatable bonds is 36. The Hall–Kier alpha value is -4.22. The SMILES string of the molecule is CCCCCCCCCCCCCCCCNS(=O)(=O)c1cc2c(c([N+](=O)[O-])c1)-c1c(cc(S(=O)(=O)NCCCCCCCCCCCCCCCC)cc1[N+](=O)[O-])C2=C(C#N)C#N. The minimum Gasteiger partial charge on any atom is -0.258 e. The lowest BCUT2D eigenvalue weighted by Crippen LogP contribution is -2.25. The van der Waals surface area contributed by atoms with Crippen LogP contribution in [-0.4, -0.2) is 39.8 Å². The maximum absolute atomic E-state index is 13.6. The number of nitrogens with one attached hydrogen (secondary N) is 2. The molecule has 0 atom stereocenters. The van der Waals surface area contributed by atoms with Gasteiger partial charge in [0.15, 0.2) is 0 Å². The molecule has 16 heteroatoms. The number of nitrogens with zero attached hydrogens (tertiary/aromatic N) is 4. The molecular weight excluding hydrogens is 853 g/mol. The van der Waals surface area contributed by atoms with Crippen molar-refractivity contribution in [3.8, 4) is 23.3 Å². The fraction of sp³-hybridized carbons (Fsp3) is 0.667. The van der Waals surface area contributed by atoms with Crippen molar-refractivity contribution < 1.29 is 26.7 Å². The lowest BCUT2D eigenvalue weighted by Gasteiger charge is -2.10. The van der Waals surface area contributed by atoms with Gasteiger partial charge in [-0.15, -0.1) is 0 Å². The average Bonchev–Trinajstić information content (AvgIpc) is 3.60. The summed E-state index contributed by atoms with van der Waals surface area (Å²) >= 11 is 0.